The van der Waals surface area contributed by atoms with E-state index in [-0.39, 0.29) is 24.3 Å². The number of carbonyl (C=O) groups is 2. The second-order valence-electron chi connectivity index (χ2n) is 6.23. The molecule has 1 saturated heterocycles. The molecule has 0 N–H and O–H groups in total. The highest BCUT2D eigenvalue weighted by Gasteiger charge is 2.43. The topological polar surface area (TPSA) is 40.6 Å². The fourth-order valence-electron chi connectivity index (χ4n) is 3.57. The number of hydrogen-bond donors (Lipinski definition) is 0. The van der Waals surface area contributed by atoms with Crippen LogP contribution in [0.5, 0.6) is 0 Å². The Balaban J connectivity index is 1.60. The molecule has 4 rings (SSSR count). The Bertz CT molecular complexity index is 821. The maximum atomic E-state index is 12.9. The van der Waals surface area contributed by atoms with Gasteiger partial charge in [0.05, 0.1) is 18.2 Å². The molecular weight excluding hydrogens is 368 g/mol. The summed E-state index contributed by atoms with van der Waals surface area (Å²) in [6.45, 7) is 1.54. The van der Waals surface area contributed by atoms with Crippen molar-refractivity contribution in [3.05, 3.63) is 64.1 Å². The number of anilines is 1. The van der Waals surface area contributed by atoms with Crippen LogP contribution in [0.15, 0.2) is 53.0 Å². The number of hydrogen-bond acceptors (Lipinski definition) is 3. The first-order valence-electron chi connectivity index (χ1n) is 8.07. The lowest BCUT2D eigenvalue weighted by atomic mass is 9.98. The highest BCUT2D eigenvalue weighted by molar-refractivity contribution is 9.10. The number of nitrogens with zero attached hydrogens (tertiary/aromatic N) is 2. The molecule has 2 heterocycles. The van der Waals surface area contributed by atoms with Crippen molar-refractivity contribution >= 4 is 33.4 Å². The van der Waals surface area contributed by atoms with E-state index in [1.54, 1.807) is 6.07 Å². The van der Waals surface area contributed by atoms with Crippen LogP contribution in [0.25, 0.3) is 0 Å². The Kier molecular flexibility index (Phi) is 3.98. The molecule has 0 spiro atoms. The highest BCUT2D eigenvalue weighted by atomic mass is 79.9. The van der Waals surface area contributed by atoms with Crippen molar-refractivity contribution in [3.8, 4) is 0 Å². The van der Waals surface area contributed by atoms with Crippen LogP contribution in [0.2, 0.25) is 0 Å². The molecule has 122 valence electrons. The van der Waals surface area contributed by atoms with Crippen LogP contribution >= 0.6 is 15.9 Å². The van der Waals surface area contributed by atoms with Gasteiger partial charge in [-0.15, -0.1) is 0 Å². The minimum absolute atomic E-state index is 0.119. The van der Waals surface area contributed by atoms with Crippen LogP contribution in [0.1, 0.15) is 17.5 Å². The maximum Gasteiger partial charge on any atom is 0.251 e. The molecular formula is C19H17BrN2O2. The first kappa shape index (κ1) is 15.5. The Morgan fingerprint density at radius 3 is 2.46 bits per heavy atom. The smallest absolute Gasteiger partial charge is 0.251 e. The first-order chi connectivity index (χ1) is 11.6. The molecule has 0 aliphatic carbocycles. The summed E-state index contributed by atoms with van der Waals surface area (Å²) in [6, 6.07) is 15.3. The second-order valence-corrected chi connectivity index (χ2v) is 7.08. The maximum absolute atomic E-state index is 12.9. The molecule has 5 heteroatoms. The summed E-state index contributed by atoms with van der Waals surface area (Å²) in [5.74, 6) is -0.248. The Morgan fingerprint density at radius 1 is 0.958 bits per heavy atom. The van der Waals surface area contributed by atoms with Crippen molar-refractivity contribution in [1.82, 2.24) is 4.90 Å². The zero-order valence-electron chi connectivity index (χ0n) is 13.1. The van der Waals surface area contributed by atoms with E-state index in [1.807, 2.05) is 30.3 Å². The van der Waals surface area contributed by atoms with E-state index in [9.17, 15) is 9.59 Å². The van der Waals surface area contributed by atoms with E-state index in [1.165, 1.54) is 16.0 Å². The minimum atomic E-state index is -0.363. The largest absolute Gasteiger partial charge is 0.287 e. The van der Waals surface area contributed by atoms with Crippen LogP contribution < -0.4 is 4.90 Å². The van der Waals surface area contributed by atoms with Crippen LogP contribution in [-0.2, 0) is 22.6 Å². The number of para-hydroxylation sites is 1. The van der Waals surface area contributed by atoms with E-state index in [4.69, 9.17) is 0 Å². The summed E-state index contributed by atoms with van der Waals surface area (Å²) in [5, 5.41) is 0. The van der Waals surface area contributed by atoms with Gasteiger partial charge in [0.25, 0.3) is 5.91 Å². The molecule has 0 saturated carbocycles. The lowest BCUT2D eigenvalue weighted by Crippen LogP contribution is -2.44. The van der Waals surface area contributed by atoms with Crippen molar-refractivity contribution in [2.75, 3.05) is 11.4 Å². The van der Waals surface area contributed by atoms with Gasteiger partial charge in [-0.1, -0.05) is 36.4 Å². The van der Waals surface area contributed by atoms with Crippen molar-refractivity contribution < 1.29 is 9.59 Å². The van der Waals surface area contributed by atoms with Crippen LogP contribution in [0.3, 0.4) is 0 Å². The van der Waals surface area contributed by atoms with E-state index >= 15 is 0 Å². The molecule has 2 aliphatic heterocycles. The summed E-state index contributed by atoms with van der Waals surface area (Å²) in [4.78, 5) is 28.9. The molecule has 0 aromatic heterocycles. The van der Waals surface area contributed by atoms with E-state index in [2.05, 4.69) is 33.0 Å². The van der Waals surface area contributed by atoms with Gasteiger partial charge in [0.2, 0.25) is 5.91 Å². The van der Waals surface area contributed by atoms with Crippen molar-refractivity contribution in [1.29, 1.82) is 0 Å². The molecule has 2 aromatic carbocycles. The van der Waals surface area contributed by atoms with Gasteiger partial charge >= 0.3 is 0 Å². The van der Waals surface area contributed by atoms with Gasteiger partial charge in [0.1, 0.15) is 0 Å². The molecule has 1 atom stereocenters. The van der Waals surface area contributed by atoms with Crippen LogP contribution in [0.4, 0.5) is 5.69 Å². The summed E-state index contributed by atoms with van der Waals surface area (Å²) < 4.78 is 0.760. The normalized spacial score (nSPS) is 21.2. The van der Waals surface area contributed by atoms with Crippen molar-refractivity contribution in [2.45, 2.75) is 25.4 Å². The minimum Gasteiger partial charge on any atom is -0.287 e. The summed E-state index contributed by atoms with van der Waals surface area (Å²) in [7, 11) is 0. The number of fused-ring (bicyclic) bond motifs is 1. The number of halogens is 1. The average molecular weight is 385 g/mol. The van der Waals surface area contributed by atoms with E-state index in [0.29, 0.717) is 5.69 Å². The molecule has 2 amide bonds. The quantitative estimate of drug-likeness (QED) is 0.746. The molecule has 0 unspecified atom stereocenters. The van der Waals surface area contributed by atoms with Gasteiger partial charge in [-0.05, 0) is 45.6 Å². The van der Waals surface area contributed by atoms with E-state index in [0.717, 1.165) is 24.0 Å². The fourth-order valence-corrected chi connectivity index (χ4v) is 4.03. The third-order valence-electron chi connectivity index (χ3n) is 4.82. The van der Waals surface area contributed by atoms with E-state index < -0.39 is 0 Å². The zero-order chi connectivity index (χ0) is 16.7. The van der Waals surface area contributed by atoms with Gasteiger partial charge in [-0.3, -0.25) is 14.5 Å². The fraction of sp³-hybridized carbons (Fsp3) is 0.263. The Morgan fingerprint density at radius 2 is 1.67 bits per heavy atom. The van der Waals surface area contributed by atoms with Gasteiger partial charge < -0.3 is 0 Å². The third-order valence-corrected chi connectivity index (χ3v) is 5.49. The molecule has 2 aliphatic rings. The van der Waals surface area contributed by atoms with Gasteiger partial charge in [0.15, 0.2) is 0 Å². The predicted molar refractivity (Wildman–Crippen MR) is 95.6 cm³/mol. The monoisotopic (exact) mass is 384 g/mol. The number of benzene rings is 2. The lowest BCUT2D eigenvalue weighted by molar-refractivity contribution is -0.123. The van der Waals surface area contributed by atoms with Gasteiger partial charge in [0, 0.05) is 17.6 Å². The van der Waals surface area contributed by atoms with Crippen molar-refractivity contribution in [3.63, 3.8) is 0 Å². The number of amides is 2. The number of rotatable bonds is 2. The van der Waals surface area contributed by atoms with Crippen molar-refractivity contribution in [2.24, 2.45) is 0 Å². The molecule has 1 fully saturated rings. The Hall–Kier alpha value is -1.98. The lowest BCUT2D eigenvalue weighted by Gasteiger charge is -2.32. The summed E-state index contributed by atoms with van der Waals surface area (Å²) in [6.07, 6.45) is 1.17. The van der Waals surface area contributed by atoms with Gasteiger partial charge in [-0.2, -0.15) is 0 Å². The zero-order valence-corrected chi connectivity index (χ0v) is 14.7. The third kappa shape index (κ3) is 2.58. The summed E-state index contributed by atoms with van der Waals surface area (Å²) >= 11 is 3.44. The average Bonchev–Trinajstić information content (AvgIpc) is 2.90. The molecule has 24 heavy (non-hydrogen) atoms. The molecule has 0 bridgehead atoms. The Labute approximate surface area is 149 Å². The molecule has 4 nitrogen and oxygen atoms in total. The first-order valence-corrected chi connectivity index (χ1v) is 8.86. The standard InChI is InChI=1S/C19H17BrN2O2/c20-15-7-3-4-8-16(15)22-18(23)11-17(19(22)24)21-10-9-13-5-1-2-6-14(13)12-21/h1-8,17H,9-12H2/t17-/m0/s1. The highest BCUT2D eigenvalue weighted by Crippen LogP contribution is 2.33. The van der Waals surface area contributed by atoms with Crippen LogP contribution in [-0.4, -0.2) is 29.3 Å². The van der Waals surface area contributed by atoms with Crippen LogP contribution in [0, 0.1) is 0 Å². The SMILES string of the molecule is O=C1C[C@H](N2CCc3ccccc3C2)C(=O)N1c1ccccc1Br. The number of imide groups is 1. The number of carbonyl (C=O) groups excluding carboxylic acids is 2. The predicted octanol–water partition coefficient (Wildman–Crippen LogP) is 3.14. The second kappa shape index (κ2) is 6.15. The molecule has 2 aromatic rings. The summed E-state index contributed by atoms with van der Waals surface area (Å²) in [5.41, 5.74) is 3.23. The van der Waals surface area contributed by atoms with Gasteiger partial charge in [-0.25, -0.2) is 4.90 Å². The molecule has 0 radical (unpaired) electrons.